The van der Waals surface area contributed by atoms with E-state index in [4.69, 9.17) is 4.74 Å². The van der Waals surface area contributed by atoms with Gasteiger partial charge in [0.05, 0.1) is 11.3 Å². The average Bonchev–Trinajstić information content (AvgIpc) is 2.88. The second-order valence-electron chi connectivity index (χ2n) is 8.00. The summed E-state index contributed by atoms with van der Waals surface area (Å²) in [6, 6.07) is 8.46. The Labute approximate surface area is 189 Å². The van der Waals surface area contributed by atoms with Gasteiger partial charge in [0.25, 0.3) is 0 Å². The Bertz CT molecular complexity index is 1190. The van der Waals surface area contributed by atoms with Gasteiger partial charge in [-0.3, -0.25) is 9.69 Å². The summed E-state index contributed by atoms with van der Waals surface area (Å²) in [4.78, 5) is 18.5. The molecule has 9 heteroatoms. The Morgan fingerprint density at radius 3 is 2.69 bits per heavy atom. The molecule has 0 saturated carbocycles. The highest BCUT2D eigenvalue weighted by molar-refractivity contribution is 7.99. The van der Waals surface area contributed by atoms with Crippen molar-refractivity contribution >= 4 is 23.4 Å². The molecule has 1 amide bonds. The molecule has 0 bridgehead atoms. The highest BCUT2D eigenvalue weighted by Gasteiger charge is 2.36. The zero-order valence-corrected chi connectivity index (χ0v) is 18.9. The number of hydrogen-bond donors (Lipinski definition) is 0. The van der Waals surface area contributed by atoms with E-state index in [1.165, 1.54) is 23.6 Å². The number of hydrogen-bond acceptors (Lipinski definition) is 6. The Balaban J connectivity index is 1.93. The first-order valence-corrected chi connectivity index (χ1v) is 11.1. The van der Waals surface area contributed by atoms with Crippen LogP contribution in [0.4, 0.5) is 14.5 Å². The van der Waals surface area contributed by atoms with Crippen LogP contribution in [0.3, 0.4) is 0 Å². The smallest absolute Gasteiger partial charge is 0.247 e. The van der Waals surface area contributed by atoms with Gasteiger partial charge in [0.2, 0.25) is 23.2 Å². The number of fused-ring (bicyclic) bond motifs is 3. The molecule has 0 saturated heterocycles. The highest BCUT2D eigenvalue weighted by atomic mass is 32.2. The van der Waals surface area contributed by atoms with Crippen molar-refractivity contribution in [3.8, 4) is 17.1 Å². The third-order valence-electron chi connectivity index (χ3n) is 4.87. The zero-order chi connectivity index (χ0) is 23.0. The van der Waals surface area contributed by atoms with Crippen molar-refractivity contribution < 1.29 is 18.3 Å². The minimum atomic E-state index is -1.27. The maximum Gasteiger partial charge on any atom is 0.247 e. The summed E-state index contributed by atoms with van der Waals surface area (Å²) < 4.78 is 34.9. The first-order chi connectivity index (χ1) is 15.2. The Morgan fingerprint density at radius 2 is 1.97 bits per heavy atom. The summed E-state index contributed by atoms with van der Waals surface area (Å²) in [5, 5.41) is 8.96. The van der Waals surface area contributed by atoms with E-state index in [0.717, 1.165) is 29.5 Å². The van der Waals surface area contributed by atoms with Crippen molar-refractivity contribution in [1.82, 2.24) is 15.2 Å². The molecule has 1 aromatic heterocycles. The van der Waals surface area contributed by atoms with Crippen LogP contribution < -0.4 is 9.64 Å². The van der Waals surface area contributed by atoms with Crippen LogP contribution in [-0.2, 0) is 4.79 Å². The number of thioether (sulfide) groups is 1. The molecule has 0 radical (unpaired) electrons. The van der Waals surface area contributed by atoms with Gasteiger partial charge in [0.15, 0.2) is 5.69 Å². The second kappa shape index (κ2) is 8.82. The van der Waals surface area contributed by atoms with Gasteiger partial charge in [-0.2, -0.15) is 4.98 Å². The van der Waals surface area contributed by atoms with Gasteiger partial charge in [0, 0.05) is 18.2 Å². The standard InChI is InChI=1S/C23H22F2N4O2S/c1-12(2)11-32-23-26-21-20(27-28-23)17-9-13(3)5-8-19(17)29(14(4)30)22(31-21)16-10-15(24)6-7-18(16)25/h5-10,12,22H,11H2,1-4H3/t22-/m0/s1. The molecule has 2 heterocycles. The summed E-state index contributed by atoms with van der Waals surface area (Å²) in [7, 11) is 0. The topological polar surface area (TPSA) is 68.2 Å². The molecule has 0 aliphatic carbocycles. The number of anilines is 1. The van der Waals surface area contributed by atoms with Gasteiger partial charge in [-0.15, -0.1) is 10.2 Å². The van der Waals surface area contributed by atoms with Crippen LogP contribution in [0.15, 0.2) is 41.6 Å². The van der Waals surface area contributed by atoms with Crippen LogP contribution in [-0.4, -0.2) is 26.8 Å². The molecule has 0 spiro atoms. The third-order valence-corrected chi connectivity index (χ3v) is 6.13. The lowest BCUT2D eigenvalue weighted by molar-refractivity contribution is -0.118. The Kier molecular flexibility index (Phi) is 6.10. The quantitative estimate of drug-likeness (QED) is 0.495. The molecule has 0 fully saturated rings. The summed E-state index contributed by atoms with van der Waals surface area (Å²) in [5.74, 6) is -0.451. The number of nitrogens with zero attached hydrogens (tertiary/aromatic N) is 4. The summed E-state index contributed by atoms with van der Waals surface area (Å²) in [6.45, 7) is 7.40. The van der Waals surface area contributed by atoms with Crippen LogP contribution >= 0.6 is 11.8 Å². The number of carbonyl (C=O) groups is 1. The van der Waals surface area contributed by atoms with Crippen molar-refractivity contribution in [3.05, 3.63) is 59.2 Å². The van der Waals surface area contributed by atoms with Crippen molar-refractivity contribution in [3.63, 3.8) is 0 Å². The van der Waals surface area contributed by atoms with Gasteiger partial charge in [0.1, 0.15) is 11.6 Å². The first-order valence-electron chi connectivity index (χ1n) is 10.1. The molecule has 32 heavy (non-hydrogen) atoms. The summed E-state index contributed by atoms with van der Waals surface area (Å²) in [6.07, 6.45) is -1.27. The number of amides is 1. The molecule has 1 atom stereocenters. The molecular formula is C23H22F2N4O2S. The van der Waals surface area contributed by atoms with E-state index in [0.29, 0.717) is 28.0 Å². The van der Waals surface area contributed by atoms with Crippen molar-refractivity contribution in [2.75, 3.05) is 10.7 Å². The van der Waals surface area contributed by atoms with Crippen LogP contribution in [0.1, 0.15) is 38.1 Å². The molecule has 1 aliphatic heterocycles. The molecule has 1 aliphatic rings. The zero-order valence-electron chi connectivity index (χ0n) is 18.1. The number of aryl methyl sites for hydroxylation is 1. The SMILES string of the molecule is CC(=O)N1c2ccc(C)cc2-c2nnc(SCC(C)C)nc2O[C@H]1c1cc(F)ccc1F. The minimum Gasteiger partial charge on any atom is -0.447 e. The van der Waals surface area contributed by atoms with E-state index in [9.17, 15) is 13.6 Å². The van der Waals surface area contributed by atoms with Gasteiger partial charge < -0.3 is 4.74 Å². The predicted molar refractivity (Wildman–Crippen MR) is 118 cm³/mol. The van der Waals surface area contributed by atoms with E-state index in [-0.39, 0.29) is 11.4 Å². The normalized spacial score (nSPS) is 15.1. The van der Waals surface area contributed by atoms with E-state index in [1.807, 2.05) is 19.1 Å². The Hall–Kier alpha value is -3.07. The second-order valence-corrected chi connectivity index (χ2v) is 8.99. The fraction of sp³-hybridized carbons (Fsp3) is 0.304. The predicted octanol–water partition coefficient (Wildman–Crippen LogP) is 5.32. The van der Waals surface area contributed by atoms with Gasteiger partial charge in [-0.25, -0.2) is 8.78 Å². The maximum absolute atomic E-state index is 14.8. The monoisotopic (exact) mass is 456 g/mol. The largest absolute Gasteiger partial charge is 0.447 e. The summed E-state index contributed by atoms with van der Waals surface area (Å²) in [5.41, 5.74) is 2.18. The lowest BCUT2D eigenvalue weighted by Crippen LogP contribution is -2.36. The van der Waals surface area contributed by atoms with Gasteiger partial charge in [-0.1, -0.05) is 37.2 Å². The maximum atomic E-state index is 14.8. The number of halogens is 2. The first kappa shape index (κ1) is 22.1. The van der Waals surface area contributed by atoms with E-state index < -0.39 is 23.8 Å². The average molecular weight is 457 g/mol. The van der Waals surface area contributed by atoms with Gasteiger partial charge in [-0.05, 0) is 43.2 Å². The number of ether oxygens (including phenoxy) is 1. The van der Waals surface area contributed by atoms with E-state index in [1.54, 1.807) is 6.07 Å². The highest BCUT2D eigenvalue weighted by Crippen LogP contribution is 2.44. The van der Waals surface area contributed by atoms with E-state index in [2.05, 4.69) is 29.0 Å². The molecular weight excluding hydrogens is 434 g/mol. The number of rotatable bonds is 4. The lowest BCUT2D eigenvalue weighted by atomic mass is 10.0. The fourth-order valence-corrected chi connectivity index (χ4v) is 4.16. The summed E-state index contributed by atoms with van der Waals surface area (Å²) >= 11 is 1.42. The molecule has 0 unspecified atom stereocenters. The fourth-order valence-electron chi connectivity index (χ4n) is 3.43. The third kappa shape index (κ3) is 4.29. The minimum absolute atomic E-state index is 0.107. The van der Waals surface area contributed by atoms with Crippen LogP contribution in [0.2, 0.25) is 0 Å². The molecule has 166 valence electrons. The number of aromatic nitrogens is 3. The Morgan fingerprint density at radius 1 is 1.19 bits per heavy atom. The molecule has 3 aromatic rings. The molecule has 0 N–H and O–H groups in total. The van der Waals surface area contributed by atoms with Crippen LogP contribution in [0.5, 0.6) is 5.88 Å². The van der Waals surface area contributed by atoms with E-state index >= 15 is 0 Å². The van der Waals surface area contributed by atoms with Crippen LogP contribution in [0.25, 0.3) is 11.3 Å². The van der Waals surface area contributed by atoms with Crippen molar-refractivity contribution in [1.29, 1.82) is 0 Å². The van der Waals surface area contributed by atoms with Crippen molar-refractivity contribution in [2.24, 2.45) is 5.92 Å². The number of carbonyl (C=O) groups excluding carboxylic acids is 1. The lowest BCUT2D eigenvalue weighted by Gasteiger charge is -2.30. The van der Waals surface area contributed by atoms with Crippen molar-refractivity contribution in [2.45, 2.75) is 39.1 Å². The molecule has 4 rings (SSSR count). The number of benzene rings is 2. The molecule has 6 nitrogen and oxygen atoms in total. The van der Waals surface area contributed by atoms with Crippen LogP contribution in [0, 0.1) is 24.5 Å². The van der Waals surface area contributed by atoms with Gasteiger partial charge >= 0.3 is 0 Å². The molecule has 2 aromatic carbocycles.